The minimum Gasteiger partial charge on any atom is -0.290 e. The Balaban J connectivity index is 2.18. The Labute approximate surface area is 118 Å². The third kappa shape index (κ3) is 3.56. The summed E-state index contributed by atoms with van der Waals surface area (Å²) in [4.78, 5) is 11.5. The Bertz CT molecular complexity index is 580. The highest BCUT2D eigenvalue weighted by atomic mass is 32.2. The van der Waals surface area contributed by atoms with Crippen molar-refractivity contribution >= 4 is 15.9 Å². The highest BCUT2D eigenvalue weighted by Gasteiger charge is 2.22. The molecule has 0 saturated heterocycles. The van der Waals surface area contributed by atoms with Gasteiger partial charge >= 0.3 is 0 Å². The van der Waals surface area contributed by atoms with Crippen molar-refractivity contribution < 1.29 is 13.2 Å². The number of nitrogen functional groups attached to an aromatic ring is 1. The summed E-state index contributed by atoms with van der Waals surface area (Å²) in [6, 6.07) is 5.83. The van der Waals surface area contributed by atoms with E-state index in [1.54, 1.807) is 0 Å². The predicted molar refractivity (Wildman–Crippen MR) is 75.3 cm³/mol. The number of benzene rings is 1. The first-order chi connectivity index (χ1) is 9.53. The van der Waals surface area contributed by atoms with Gasteiger partial charge in [-0.05, 0) is 31.0 Å². The van der Waals surface area contributed by atoms with Gasteiger partial charge in [0.25, 0.3) is 5.91 Å². The van der Waals surface area contributed by atoms with Crippen molar-refractivity contribution in [1.82, 2.24) is 10.1 Å². The van der Waals surface area contributed by atoms with Crippen LogP contribution >= 0.6 is 0 Å². The number of amides is 1. The van der Waals surface area contributed by atoms with Crippen molar-refractivity contribution in [2.75, 3.05) is 0 Å². The fraction of sp³-hybridized carbons (Fsp3) is 0.462. The van der Waals surface area contributed by atoms with Gasteiger partial charge in [0, 0.05) is 11.6 Å². The monoisotopic (exact) mass is 297 g/mol. The van der Waals surface area contributed by atoms with E-state index in [9.17, 15) is 13.2 Å². The summed E-state index contributed by atoms with van der Waals surface area (Å²) in [5, 5.41) is 0. The molecular weight excluding hydrogens is 278 g/mol. The van der Waals surface area contributed by atoms with E-state index >= 15 is 0 Å². The quantitative estimate of drug-likeness (QED) is 0.436. The van der Waals surface area contributed by atoms with Crippen molar-refractivity contribution in [3.8, 4) is 0 Å². The molecule has 0 heterocycles. The molecule has 7 heteroatoms. The van der Waals surface area contributed by atoms with Crippen LogP contribution in [0.1, 0.15) is 42.5 Å². The number of carbonyl (C=O) groups is 1. The molecule has 1 aliphatic rings. The van der Waals surface area contributed by atoms with Gasteiger partial charge in [-0.2, -0.15) is 0 Å². The minimum absolute atomic E-state index is 0.0132. The SMILES string of the molecule is NNC(=O)c1cccc(S(=O)(=O)NC2CCCCC2)c1. The van der Waals surface area contributed by atoms with Crippen molar-refractivity contribution in [3.63, 3.8) is 0 Å². The van der Waals surface area contributed by atoms with Crippen LogP contribution in [0.2, 0.25) is 0 Å². The van der Waals surface area contributed by atoms with E-state index in [0.717, 1.165) is 32.1 Å². The standard InChI is InChI=1S/C13H19N3O3S/c14-15-13(17)10-5-4-8-12(9-10)20(18,19)16-11-6-2-1-3-7-11/h4-5,8-9,11,16H,1-3,6-7,14H2,(H,15,17). The Morgan fingerprint density at radius 1 is 1.20 bits per heavy atom. The fourth-order valence-electron chi connectivity index (χ4n) is 2.40. The molecule has 1 saturated carbocycles. The van der Waals surface area contributed by atoms with Gasteiger partial charge in [-0.3, -0.25) is 10.2 Å². The van der Waals surface area contributed by atoms with Crippen LogP contribution in [-0.4, -0.2) is 20.4 Å². The first-order valence-corrected chi connectivity index (χ1v) is 8.14. The first kappa shape index (κ1) is 15.0. The molecule has 1 amide bonds. The molecule has 2 rings (SSSR count). The third-order valence-corrected chi connectivity index (χ3v) is 4.98. The Hall–Kier alpha value is -1.44. The Morgan fingerprint density at radius 2 is 1.90 bits per heavy atom. The predicted octanol–water partition coefficient (Wildman–Crippen LogP) is 0.901. The number of nitrogens with two attached hydrogens (primary N) is 1. The maximum Gasteiger partial charge on any atom is 0.265 e. The molecule has 0 atom stereocenters. The van der Waals surface area contributed by atoms with Crippen LogP contribution in [-0.2, 0) is 10.0 Å². The van der Waals surface area contributed by atoms with Gasteiger partial charge in [0.15, 0.2) is 0 Å². The number of hydrazine groups is 1. The summed E-state index contributed by atoms with van der Waals surface area (Å²) in [6.07, 6.45) is 4.97. The van der Waals surface area contributed by atoms with Crippen LogP contribution in [0.15, 0.2) is 29.2 Å². The zero-order valence-corrected chi connectivity index (χ0v) is 11.9. The first-order valence-electron chi connectivity index (χ1n) is 6.66. The lowest BCUT2D eigenvalue weighted by Gasteiger charge is -2.22. The zero-order valence-electron chi connectivity index (χ0n) is 11.1. The maximum atomic E-state index is 12.3. The van der Waals surface area contributed by atoms with Crippen molar-refractivity contribution in [3.05, 3.63) is 29.8 Å². The smallest absolute Gasteiger partial charge is 0.265 e. The van der Waals surface area contributed by atoms with Crippen molar-refractivity contribution in [2.24, 2.45) is 5.84 Å². The molecule has 0 radical (unpaired) electrons. The van der Waals surface area contributed by atoms with Crippen LogP contribution in [0.3, 0.4) is 0 Å². The topological polar surface area (TPSA) is 101 Å². The van der Waals surface area contributed by atoms with Gasteiger partial charge in [-0.1, -0.05) is 25.3 Å². The van der Waals surface area contributed by atoms with Gasteiger partial charge in [-0.15, -0.1) is 0 Å². The lowest BCUT2D eigenvalue weighted by atomic mass is 9.96. The van der Waals surface area contributed by atoms with E-state index in [0.29, 0.717) is 0 Å². The summed E-state index contributed by atoms with van der Waals surface area (Å²) >= 11 is 0. The maximum absolute atomic E-state index is 12.3. The van der Waals surface area contributed by atoms with E-state index < -0.39 is 15.9 Å². The van der Waals surface area contributed by atoms with Crippen LogP contribution in [0, 0.1) is 0 Å². The summed E-state index contributed by atoms with van der Waals surface area (Å²) < 4.78 is 27.3. The molecule has 1 fully saturated rings. The van der Waals surface area contributed by atoms with E-state index in [4.69, 9.17) is 5.84 Å². The number of carbonyl (C=O) groups excluding carboxylic acids is 1. The molecule has 1 aliphatic carbocycles. The molecule has 0 spiro atoms. The van der Waals surface area contributed by atoms with E-state index in [1.807, 2.05) is 5.43 Å². The van der Waals surface area contributed by atoms with Crippen LogP contribution in [0.25, 0.3) is 0 Å². The summed E-state index contributed by atoms with van der Waals surface area (Å²) in [6.45, 7) is 0. The molecule has 1 aromatic rings. The molecule has 0 aromatic heterocycles. The Morgan fingerprint density at radius 3 is 2.55 bits per heavy atom. The fourth-order valence-corrected chi connectivity index (χ4v) is 3.75. The van der Waals surface area contributed by atoms with Gasteiger partial charge in [0.2, 0.25) is 10.0 Å². The van der Waals surface area contributed by atoms with Crippen molar-refractivity contribution in [2.45, 2.75) is 43.0 Å². The molecule has 6 nitrogen and oxygen atoms in total. The average Bonchev–Trinajstić information content (AvgIpc) is 2.47. The Kier molecular flexibility index (Phi) is 4.74. The van der Waals surface area contributed by atoms with Crippen LogP contribution in [0.4, 0.5) is 0 Å². The number of hydrogen-bond donors (Lipinski definition) is 3. The molecule has 0 aliphatic heterocycles. The van der Waals surface area contributed by atoms with Crippen LogP contribution in [0.5, 0.6) is 0 Å². The molecule has 1 aromatic carbocycles. The molecule has 0 unspecified atom stereocenters. The second kappa shape index (κ2) is 6.34. The number of nitrogens with one attached hydrogen (secondary N) is 2. The molecule has 20 heavy (non-hydrogen) atoms. The zero-order chi connectivity index (χ0) is 14.6. The average molecular weight is 297 g/mol. The number of hydrogen-bond acceptors (Lipinski definition) is 4. The lowest BCUT2D eigenvalue weighted by molar-refractivity contribution is 0.0953. The normalized spacial score (nSPS) is 16.9. The second-order valence-electron chi connectivity index (χ2n) is 4.96. The highest BCUT2D eigenvalue weighted by Crippen LogP contribution is 2.20. The van der Waals surface area contributed by atoms with E-state index in [-0.39, 0.29) is 16.5 Å². The molecule has 4 N–H and O–H groups in total. The molecule has 0 bridgehead atoms. The molecule has 110 valence electrons. The molecular formula is C13H19N3O3S. The van der Waals surface area contributed by atoms with Crippen molar-refractivity contribution in [1.29, 1.82) is 0 Å². The summed E-state index contributed by atoms with van der Waals surface area (Å²) in [5.74, 6) is 4.53. The summed E-state index contributed by atoms with van der Waals surface area (Å²) in [5.41, 5.74) is 2.21. The van der Waals surface area contributed by atoms with E-state index in [1.165, 1.54) is 24.3 Å². The highest BCUT2D eigenvalue weighted by molar-refractivity contribution is 7.89. The van der Waals surface area contributed by atoms with Gasteiger partial charge < -0.3 is 0 Å². The lowest BCUT2D eigenvalue weighted by Crippen LogP contribution is -2.36. The van der Waals surface area contributed by atoms with Gasteiger partial charge in [-0.25, -0.2) is 19.0 Å². The minimum atomic E-state index is -3.59. The largest absolute Gasteiger partial charge is 0.290 e. The second-order valence-corrected chi connectivity index (χ2v) is 6.67. The van der Waals surface area contributed by atoms with Gasteiger partial charge in [0.05, 0.1) is 4.90 Å². The van der Waals surface area contributed by atoms with Gasteiger partial charge in [0.1, 0.15) is 0 Å². The van der Waals surface area contributed by atoms with Crippen LogP contribution < -0.4 is 16.0 Å². The third-order valence-electron chi connectivity index (χ3n) is 3.46. The number of rotatable bonds is 4. The number of sulfonamides is 1. The van der Waals surface area contributed by atoms with E-state index in [2.05, 4.69) is 4.72 Å². The summed E-state index contributed by atoms with van der Waals surface area (Å²) in [7, 11) is -3.59.